The lowest BCUT2D eigenvalue weighted by Crippen LogP contribution is -2.45. The van der Waals surface area contributed by atoms with Gasteiger partial charge in [0.25, 0.3) is 0 Å². The molecule has 13 heavy (non-hydrogen) atoms. The Morgan fingerprint density at radius 2 is 2.31 bits per heavy atom. The van der Waals surface area contributed by atoms with Crippen LogP contribution in [0.1, 0.15) is 13.3 Å². The van der Waals surface area contributed by atoms with E-state index in [0.717, 1.165) is 0 Å². The zero-order valence-electron chi connectivity index (χ0n) is 7.87. The largest absolute Gasteiger partial charge is 0.409 e. The van der Waals surface area contributed by atoms with E-state index in [9.17, 15) is 4.79 Å². The summed E-state index contributed by atoms with van der Waals surface area (Å²) in [6.07, 6.45) is 0.660. The molecule has 0 aromatic heterocycles. The van der Waals surface area contributed by atoms with Crippen LogP contribution in [-0.2, 0) is 4.79 Å². The molecule has 0 heterocycles. The van der Waals surface area contributed by atoms with Crippen molar-refractivity contribution >= 4 is 11.7 Å². The molecule has 0 fully saturated rings. The van der Waals surface area contributed by atoms with Crippen LogP contribution >= 0.6 is 0 Å². The van der Waals surface area contributed by atoms with Gasteiger partial charge in [-0.1, -0.05) is 12.1 Å². The number of nitrogens with two attached hydrogens (primary N) is 1. The molecule has 1 amide bonds. The number of rotatable bonds is 5. The molecule has 5 N–H and O–H groups in total. The monoisotopic (exact) mass is 188 g/mol. The van der Waals surface area contributed by atoms with Gasteiger partial charge >= 0.3 is 0 Å². The van der Waals surface area contributed by atoms with Crippen LogP contribution in [0.5, 0.6) is 0 Å². The van der Waals surface area contributed by atoms with Gasteiger partial charge in [0, 0.05) is 7.05 Å². The summed E-state index contributed by atoms with van der Waals surface area (Å²) >= 11 is 0. The summed E-state index contributed by atoms with van der Waals surface area (Å²) in [5.41, 5.74) is 5.36. The highest BCUT2D eigenvalue weighted by Crippen LogP contribution is 1.89. The van der Waals surface area contributed by atoms with Crippen LogP contribution in [0.15, 0.2) is 5.16 Å². The Kier molecular flexibility index (Phi) is 5.62. The highest BCUT2D eigenvalue weighted by atomic mass is 16.4. The van der Waals surface area contributed by atoms with E-state index in [2.05, 4.69) is 15.8 Å². The van der Waals surface area contributed by atoms with Gasteiger partial charge in [0.15, 0.2) is 5.84 Å². The molecule has 0 bridgehead atoms. The minimum Gasteiger partial charge on any atom is -0.409 e. The lowest BCUT2D eigenvalue weighted by molar-refractivity contribution is -0.119. The van der Waals surface area contributed by atoms with E-state index in [-0.39, 0.29) is 24.3 Å². The summed E-state index contributed by atoms with van der Waals surface area (Å²) in [4.78, 5) is 10.8. The second kappa shape index (κ2) is 6.24. The van der Waals surface area contributed by atoms with Crippen molar-refractivity contribution in [2.75, 3.05) is 13.6 Å². The van der Waals surface area contributed by atoms with Crippen LogP contribution < -0.4 is 16.4 Å². The molecular formula is C7H16N4O2. The summed E-state index contributed by atoms with van der Waals surface area (Å²) in [5, 5.41) is 16.5. The van der Waals surface area contributed by atoms with Crippen LogP contribution in [0.3, 0.4) is 0 Å². The molecule has 0 aromatic carbocycles. The first-order valence-corrected chi connectivity index (χ1v) is 4.07. The maximum Gasteiger partial charge on any atom is 0.233 e. The number of oxime groups is 1. The lowest BCUT2D eigenvalue weighted by Gasteiger charge is -2.14. The van der Waals surface area contributed by atoms with Gasteiger partial charge in [-0.2, -0.15) is 0 Å². The van der Waals surface area contributed by atoms with E-state index in [1.807, 2.05) is 6.92 Å². The van der Waals surface area contributed by atoms with Crippen molar-refractivity contribution in [3.63, 3.8) is 0 Å². The Morgan fingerprint density at radius 1 is 1.69 bits per heavy atom. The van der Waals surface area contributed by atoms with Crippen LogP contribution in [0.4, 0.5) is 0 Å². The lowest BCUT2D eigenvalue weighted by atomic mass is 10.2. The fourth-order valence-electron chi connectivity index (χ4n) is 0.832. The molecule has 0 rings (SSSR count). The average Bonchev–Trinajstić information content (AvgIpc) is 2.17. The number of carbonyl (C=O) groups is 1. The Morgan fingerprint density at radius 3 is 2.69 bits per heavy atom. The average molecular weight is 188 g/mol. The number of carbonyl (C=O) groups excluding carboxylic acids is 1. The molecular weight excluding hydrogens is 172 g/mol. The number of amides is 1. The molecule has 6 nitrogen and oxygen atoms in total. The topological polar surface area (TPSA) is 99.7 Å². The van der Waals surface area contributed by atoms with Crippen molar-refractivity contribution in [1.29, 1.82) is 0 Å². The zero-order chi connectivity index (χ0) is 10.3. The Bertz CT molecular complexity index is 193. The van der Waals surface area contributed by atoms with Crippen LogP contribution in [0, 0.1) is 0 Å². The second-order valence-corrected chi connectivity index (χ2v) is 2.54. The number of likely N-dealkylation sites (N-methyl/N-ethyl adjacent to an activating group) is 1. The van der Waals surface area contributed by atoms with Gasteiger partial charge in [-0.25, -0.2) is 0 Å². The highest BCUT2D eigenvalue weighted by Gasteiger charge is 2.11. The molecule has 0 aromatic rings. The molecule has 0 aliphatic rings. The number of amidine groups is 1. The van der Waals surface area contributed by atoms with E-state index < -0.39 is 0 Å². The molecule has 1 unspecified atom stereocenters. The van der Waals surface area contributed by atoms with Gasteiger partial charge in [-0.3, -0.25) is 10.1 Å². The molecule has 0 saturated heterocycles. The third-order valence-electron chi connectivity index (χ3n) is 1.67. The Labute approximate surface area is 77.2 Å². The fraction of sp³-hybridized carbons (Fsp3) is 0.714. The van der Waals surface area contributed by atoms with Gasteiger partial charge < -0.3 is 16.3 Å². The number of nitrogens with one attached hydrogen (secondary N) is 2. The van der Waals surface area contributed by atoms with Gasteiger partial charge in [-0.15, -0.1) is 0 Å². The molecule has 76 valence electrons. The predicted molar refractivity (Wildman–Crippen MR) is 49.6 cm³/mol. The van der Waals surface area contributed by atoms with Gasteiger partial charge in [0.1, 0.15) is 0 Å². The van der Waals surface area contributed by atoms with Gasteiger partial charge in [-0.05, 0) is 6.42 Å². The van der Waals surface area contributed by atoms with E-state index in [0.29, 0.717) is 6.42 Å². The van der Waals surface area contributed by atoms with Crippen molar-refractivity contribution in [3.05, 3.63) is 0 Å². The van der Waals surface area contributed by atoms with E-state index in [1.54, 1.807) is 7.05 Å². The maximum absolute atomic E-state index is 10.8. The predicted octanol–water partition coefficient (Wildman–Crippen LogP) is -1.15. The van der Waals surface area contributed by atoms with Crippen molar-refractivity contribution in [2.24, 2.45) is 10.9 Å². The summed E-state index contributed by atoms with van der Waals surface area (Å²) in [6, 6.07) is -0.262. The first-order chi connectivity index (χ1) is 6.15. The van der Waals surface area contributed by atoms with E-state index in [4.69, 9.17) is 10.9 Å². The zero-order valence-corrected chi connectivity index (χ0v) is 7.87. The van der Waals surface area contributed by atoms with Crippen molar-refractivity contribution < 1.29 is 10.0 Å². The van der Waals surface area contributed by atoms with Crippen LogP contribution in [-0.4, -0.2) is 36.6 Å². The fourth-order valence-corrected chi connectivity index (χ4v) is 0.832. The first kappa shape index (κ1) is 11.7. The number of hydrogen-bond donors (Lipinski definition) is 4. The summed E-state index contributed by atoms with van der Waals surface area (Å²) < 4.78 is 0. The van der Waals surface area contributed by atoms with Crippen LogP contribution in [0.25, 0.3) is 0 Å². The van der Waals surface area contributed by atoms with E-state index >= 15 is 0 Å². The van der Waals surface area contributed by atoms with Gasteiger partial charge in [0.2, 0.25) is 5.91 Å². The Hall–Kier alpha value is -1.30. The summed E-state index contributed by atoms with van der Waals surface area (Å²) in [6.45, 7) is 2.03. The van der Waals surface area contributed by atoms with E-state index in [1.165, 1.54) is 0 Å². The number of hydrogen-bond acceptors (Lipinski definition) is 4. The quantitative estimate of drug-likeness (QED) is 0.189. The standard InChI is InChI=1S/C7H16N4O2/c1-3-5(7(8)11-13)10-4-6(12)9-2/h5,10,13H,3-4H2,1-2H3,(H2,8,11)(H,9,12). The normalized spacial score (nSPS) is 13.8. The first-order valence-electron chi connectivity index (χ1n) is 4.07. The van der Waals surface area contributed by atoms with Crippen molar-refractivity contribution in [3.8, 4) is 0 Å². The molecule has 0 spiro atoms. The number of nitrogens with zero attached hydrogens (tertiary/aromatic N) is 1. The minimum atomic E-state index is -0.262. The second-order valence-electron chi connectivity index (χ2n) is 2.54. The molecule has 0 radical (unpaired) electrons. The molecule has 1 atom stereocenters. The third kappa shape index (κ3) is 4.32. The molecule has 0 aliphatic carbocycles. The summed E-state index contributed by atoms with van der Waals surface area (Å²) in [5.74, 6) is -0.0457. The van der Waals surface area contributed by atoms with Crippen LogP contribution in [0.2, 0.25) is 0 Å². The molecule has 0 saturated carbocycles. The molecule has 0 aliphatic heterocycles. The van der Waals surface area contributed by atoms with Crippen molar-refractivity contribution in [2.45, 2.75) is 19.4 Å². The maximum atomic E-state index is 10.8. The SMILES string of the molecule is CCC(NCC(=O)NC)C(N)=NO. The highest BCUT2D eigenvalue weighted by molar-refractivity contribution is 5.86. The third-order valence-corrected chi connectivity index (χ3v) is 1.67. The molecule has 6 heteroatoms. The minimum absolute atomic E-state index is 0.0893. The Balaban J connectivity index is 3.93. The van der Waals surface area contributed by atoms with Crippen molar-refractivity contribution in [1.82, 2.24) is 10.6 Å². The summed E-state index contributed by atoms with van der Waals surface area (Å²) in [7, 11) is 1.55. The van der Waals surface area contributed by atoms with Gasteiger partial charge in [0.05, 0.1) is 12.6 Å². The smallest absolute Gasteiger partial charge is 0.233 e.